The first-order valence-corrected chi connectivity index (χ1v) is 9.79. The summed E-state index contributed by atoms with van der Waals surface area (Å²) >= 11 is 0. The zero-order valence-corrected chi connectivity index (χ0v) is 16.4. The maximum Gasteiger partial charge on any atom is 0.258 e. The molecule has 2 N–H and O–H groups in total. The quantitative estimate of drug-likeness (QED) is 0.809. The minimum atomic E-state index is -0.682. The zero-order valence-electron chi connectivity index (χ0n) is 16.4. The van der Waals surface area contributed by atoms with E-state index in [2.05, 4.69) is 15.5 Å². The number of nitrogens with one attached hydrogen (secondary N) is 2. The fourth-order valence-electron chi connectivity index (χ4n) is 3.79. The van der Waals surface area contributed by atoms with Crippen molar-refractivity contribution in [3.8, 4) is 11.5 Å². The smallest absolute Gasteiger partial charge is 0.258 e. The van der Waals surface area contributed by atoms with Gasteiger partial charge in [-0.15, -0.1) is 0 Å². The van der Waals surface area contributed by atoms with Crippen LogP contribution >= 0.6 is 0 Å². The monoisotopic (exact) mass is 395 g/mol. The van der Waals surface area contributed by atoms with Crippen LogP contribution in [0, 0.1) is 0 Å². The number of hydrogen-bond acceptors (Lipinski definition) is 5. The van der Waals surface area contributed by atoms with Gasteiger partial charge in [-0.3, -0.25) is 14.5 Å². The van der Waals surface area contributed by atoms with Crippen LogP contribution in [-0.2, 0) is 11.3 Å². The lowest BCUT2D eigenvalue weighted by Crippen LogP contribution is -2.61. The van der Waals surface area contributed by atoms with E-state index in [4.69, 9.17) is 9.47 Å². The molecule has 29 heavy (non-hydrogen) atoms. The first-order chi connectivity index (χ1) is 14.1. The van der Waals surface area contributed by atoms with Crippen LogP contribution in [0.4, 0.5) is 0 Å². The molecule has 1 fully saturated rings. The Morgan fingerprint density at radius 1 is 1.21 bits per heavy atom. The van der Waals surface area contributed by atoms with Gasteiger partial charge in [0.05, 0.1) is 19.2 Å². The average Bonchev–Trinajstić information content (AvgIpc) is 2.74. The van der Waals surface area contributed by atoms with Gasteiger partial charge in [-0.2, -0.15) is 0 Å². The summed E-state index contributed by atoms with van der Waals surface area (Å²) in [6.07, 6.45) is 1.27. The largest absolute Gasteiger partial charge is 0.497 e. The number of benzene rings is 2. The number of carbonyl (C=O) groups excluding carboxylic acids is 2. The summed E-state index contributed by atoms with van der Waals surface area (Å²) in [5, 5.41) is 5.97. The lowest BCUT2D eigenvalue weighted by Gasteiger charge is -2.44. The van der Waals surface area contributed by atoms with Gasteiger partial charge in [-0.05, 0) is 29.8 Å². The van der Waals surface area contributed by atoms with E-state index in [1.807, 2.05) is 42.5 Å². The average molecular weight is 395 g/mol. The van der Waals surface area contributed by atoms with Crippen LogP contribution in [0.3, 0.4) is 0 Å². The van der Waals surface area contributed by atoms with Crippen LogP contribution in [0.25, 0.3) is 0 Å². The number of rotatable bonds is 5. The molecule has 152 valence electrons. The molecule has 0 bridgehead atoms. The fourth-order valence-corrected chi connectivity index (χ4v) is 3.79. The first-order valence-electron chi connectivity index (χ1n) is 9.79. The summed E-state index contributed by atoms with van der Waals surface area (Å²) in [6, 6.07) is 14.9. The topological polar surface area (TPSA) is 79.9 Å². The standard InChI is InChI=1S/C22H25N3O4/c1-28-17-6-4-5-16(13-17)14-23-20(26)15-25-11-9-22(10-12-25)24-21(27)18-7-2-3-8-19(18)29-22/h2-8,13H,9-12,14-15H2,1H3,(H,23,26)(H,24,27). The fraction of sp³-hybridized carbons (Fsp3) is 0.364. The van der Waals surface area contributed by atoms with Crippen molar-refractivity contribution >= 4 is 11.8 Å². The highest BCUT2D eigenvalue weighted by atomic mass is 16.5. The zero-order chi connectivity index (χ0) is 20.3. The van der Waals surface area contributed by atoms with Gasteiger partial charge in [-0.1, -0.05) is 24.3 Å². The third kappa shape index (κ3) is 4.35. The van der Waals surface area contributed by atoms with E-state index in [1.165, 1.54) is 0 Å². The predicted octanol–water partition coefficient (Wildman–Crippen LogP) is 1.93. The van der Waals surface area contributed by atoms with Crippen LogP contribution in [0.5, 0.6) is 11.5 Å². The highest BCUT2D eigenvalue weighted by Crippen LogP contribution is 2.33. The van der Waals surface area contributed by atoms with Crippen LogP contribution in [0.15, 0.2) is 48.5 Å². The molecule has 2 aliphatic rings. The molecular formula is C22H25N3O4. The normalized spacial score (nSPS) is 17.8. The predicted molar refractivity (Wildman–Crippen MR) is 108 cm³/mol. The Bertz CT molecular complexity index is 906. The molecule has 2 heterocycles. The molecule has 0 unspecified atom stereocenters. The van der Waals surface area contributed by atoms with Gasteiger partial charge < -0.3 is 20.1 Å². The first kappa shape index (κ1) is 19.3. The molecule has 0 aromatic heterocycles. The van der Waals surface area contributed by atoms with Crippen molar-refractivity contribution in [3.05, 3.63) is 59.7 Å². The lowest BCUT2D eigenvalue weighted by atomic mass is 9.97. The van der Waals surface area contributed by atoms with Gasteiger partial charge in [0.25, 0.3) is 5.91 Å². The third-order valence-corrected chi connectivity index (χ3v) is 5.43. The molecule has 1 spiro atoms. The number of methoxy groups -OCH3 is 1. The number of amides is 2. The molecule has 0 aliphatic carbocycles. The van der Waals surface area contributed by atoms with E-state index in [1.54, 1.807) is 13.2 Å². The number of piperidine rings is 1. The van der Waals surface area contributed by atoms with Crippen molar-refractivity contribution in [1.82, 2.24) is 15.5 Å². The van der Waals surface area contributed by atoms with Gasteiger partial charge >= 0.3 is 0 Å². The number of hydrogen-bond donors (Lipinski definition) is 2. The van der Waals surface area contributed by atoms with Gasteiger partial charge in [0.15, 0.2) is 5.72 Å². The van der Waals surface area contributed by atoms with Crippen LogP contribution in [0.1, 0.15) is 28.8 Å². The highest BCUT2D eigenvalue weighted by Gasteiger charge is 2.42. The number of nitrogens with zero attached hydrogens (tertiary/aromatic N) is 1. The molecule has 0 radical (unpaired) electrons. The number of fused-ring (bicyclic) bond motifs is 1. The van der Waals surface area contributed by atoms with E-state index in [9.17, 15) is 9.59 Å². The van der Waals surface area contributed by atoms with Crippen molar-refractivity contribution < 1.29 is 19.1 Å². The number of carbonyl (C=O) groups is 2. The molecule has 2 aromatic rings. The van der Waals surface area contributed by atoms with E-state index in [0.717, 1.165) is 11.3 Å². The van der Waals surface area contributed by atoms with E-state index in [0.29, 0.717) is 50.3 Å². The van der Waals surface area contributed by atoms with E-state index < -0.39 is 5.72 Å². The third-order valence-electron chi connectivity index (χ3n) is 5.43. The summed E-state index contributed by atoms with van der Waals surface area (Å²) in [7, 11) is 1.62. The van der Waals surface area contributed by atoms with Crippen LogP contribution < -0.4 is 20.1 Å². The van der Waals surface area contributed by atoms with Crippen LogP contribution in [-0.4, -0.2) is 49.2 Å². The molecule has 0 atom stereocenters. The number of likely N-dealkylation sites (tertiary alicyclic amines) is 1. The molecule has 2 amide bonds. The maximum absolute atomic E-state index is 12.4. The van der Waals surface area contributed by atoms with Gasteiger partial charge in [0, 0.05) is 32.5 Å². The molecule has 0 saturated carbocycles. The van der Waals surface area contributed by atoms with Crippen molar-refractivity contribution in [2.24, 2.45) is 0 Å². The van der Waals surface area contributed by atoms with Gasteiger partial charge in [-0.25, -0.2) is 0 Å². The summed E-state index contributed by atoms with van der Waals surface area (Å²) in [6.45, 7) is 2.14. The summed E-state index contributed by atoms with van der Waals surface area (Å²) in [5.41, 5.74) is 0.878. The van der Waals surface area contributed by atoms with E-state index in [-0.39, 0.29) is 11.8 Å². The Kier molecular flexibility index (Phi) is 5.40. The number of para-hydroxylation sites is 1. The van der Waals surface area contributed by atoms with Gasteiger partial charge in [0.1, 0.15) is 11.5 Å². The summed E-state index contributed by atoms with van der Waals surface area (Å²) in [4.78, 5) is 26.8. The molecule has 7 heteroatoms. The minimum absolute atomic E-state index is 0.0253. The van der Waals surface area contributed by atoms with Crippen molar-refractivity contribution in [2.45, 2.75) is 25.1 Å². The maximum atomic E-state index is 12.4. The Balaban J connectivity index is 1.28. The number of ether oxygens (including phenoxy) is 2. The summed E-state index contributed by atoms with van der Waals surface area (Å²) < 4.78 is 11.3. The molecule has 2 aromatic carbocycles. The molecule has 4 rings (SSSR count). The lowest BCUT2D eigenvalue weighted by molar-refractivity contribution is -0.123. The summed E-state index contributed by atoms with van der Waals surface area (Å²) in [5.74, 6) is 1.27. The Morgan fingerprint density at radius 3 is 2.79 bits per heavy atom. The Labute approximate surface area is 170 Å². The Hall–Kier alpha value is -3.06. The van der Waals surface area contributed by atoms with Gasteiger partial charge in [0.2, 0.25) is 5.91 Å². The molecular weight excluding hydrogens is 370 g/mol. The minimum Gasteiger partial charge on any atom is -0.497 e. The second-order valence-electron chi connectivity index (χ2n) is 7.45. The molecule has 1 saturated heterocycles. The molecule has 7 nitrogen and oxygen atoms in total. The second kappa shape index (κ2) is 8.13. The SMILES string of the molecule is COc1cccc(CNC(=O)CN2CCC3(CC2)NC(=O)c2ccccc2O3)c1. The highest BCUT2D eigenvalue weighted by molar-refractivity contribution is 5.98. The van der Waals surface area contributed by atoms with E-state index >= 15 is 0 Å². The van der Waals surface area contributed by atoms with Crippen molar-refractivity contribution in [3.63, 3.8) is 0 Å². The molecule has 2 aliphatic heterocycles. The van der Waals surface area contributed by atoms with Crippen LogP contribution in [0.2, 0.25) is 0 Å². The van der Waals surface area contributed by atoms with Crippen molar-refractivity contribution in [1.29, 1.82) is 0 Å². The second-order valence-corrected chi connectivity index (χ2v) is 7.45. The Morgan fingerprint density at radius 2 is 2.00 bits per heavy atom. The van der Waals surface area contributed by atoms with Crippen molar-refractivity contribution in [2.75, 3.05) is 26.7 Å².